The molecule has 0 radical (unpaired) electrons. The van der Waals surface area contributed by atoms with E-state index in [9.17, 15) is 9.18 Å². The molecule has 1 fully saturated rings. The minimum atomic E-state index is -0.249. The zero-order valence-electron chi connectivity index (χ0n) is 18.5. The fraction of sp³-hybridized carbons (Fsp3) is 0.458. The number of benzene rings is 2. The Morgan fingerprint density at radius 3 is 2.06 bits per heavy atom. The number of ether oxygens (including phenoxy) is 3. The van der Waals surface area contributed by atoms with Crippen LogP contribution < -0.4 is 19.1 Å². The van der Waals surface area contributed by atoms with Crippen molar-refractivity contribution in [1.82, 2.24) is 4.90 Å². The molecule has 0 saturated carbocycles. The Kier molecular flexibility index (Phi) is 7.98. The van der Waals surface area contributed by atoms with Gasteiger partial charge in [-0.25, -0.2) is 4.39 Å². The molecule has 0 bridgehead atoms. The third-order valence-corrected chi connectivity index (χ3v) is 5.13. The predicted molar refractivity (Wildman–Crippen MR) is 119 cm³/mol. The second kappa shape index (κ2) is 10.9. The molecular weight excluding hydrogens is 399 g/mol. The van der Waals surface area contributed by atoms with Gasteiger partial charge in [0.05, 0.1) is 19.8 Å². The highest BCUT2D eigenvalue weighted by Crippen LogP contribution is 2.39. The van der Waals surface area contributed by atoms with Crippen LogP contribution in [-0.4, -0.2) is 56.8 Å². The van der Waals surface area contributed by atoms with Gasteiger partial charge in [0.15, 0.2) is 11.5 Å². The van der Waals surface area contributed by atoms with Crippen LogP contribution in [0.15, 0.2) is 36.4 Å². The number of hydrogen-bond acceptors (Lipinski definition) is 5. The van der Waals surface area contributed by atoms with E-state index in [0.29, 0.717) is 62.3 Å². The molecule has 0 unspecified atom stereocenters. The first-order chi connectivity index (χ1) is 15.1. The highest BCUT2D eigenvalue weighted by Gasteiger charge is 2.24. The fourth-order valence-electron chi connectivity index (χ4n) is 3.73. The van der Waals surface area contributed by atoms with Crippen LogP contribution in [0, 0.1) is 5.82 Å². The van der Waals surface area contributed by atoms with Crippen molar-refractivity contribution in [2.45, 2.75) is 27.2 Å². The molecule has 3 rings (SSSR count). The Balaban J connectivity index is 1.80. The lowest BCUT2D eigenvalue weighted by atomic mass is 10.1. The van der Waals surface area contributed by atoms with Crippen LogP contribution in [-0.2, 0) is 0 Å². The Hall–Kier alpha value is -2.96. The van der Waals surface area contributed by atoms with Gasteiger partial charge in [-0.3, -0.25) is 4.79 Å². The van der Waals surface area contributed by atoms with Crippen molar-refractivity contribution in [2.75, 3.05) is 50.9 Å². The predicted octanol–water partition coefficient (Wildman–Crippen LogP) is 4.37. The zero-order chi connectivity index (χ0) is 22.2. The van der Waals surface area contributed by atoms with E-state index in [1.54, 1.807) is 24.3 Å². The number of halogens is 1. The average molecular weight is 431 g/mol. The standard InChI is InChI=1S/C24H31FN2O4/c1-4-29-21-16-18(17-22(30-5-2)23(21)31-6-3)24(28)27-13-7-12-26(14-15-27)20-10-8-19(25)9-11-20/h8-11,16-17H,4-7,12-15H2,1-3H3. The van der Waals surface area contributed by atoms with E-state index in [2.05, 4.69) is 4.90 Å². The normalized spacial score (nSPS) is 14.2. The third kappa shape index (κ3) is 5.60. The van der Waals surface area contributed by atoms with Crippen molar-refractivity contribution in [2.24, 2.45) is 0 Å². The lowest BCUT2D eigenvalue weighted by Gasteiger charge is -2.24. The van der Waals surface area contributed by atoms with Crippen LogP contribution >= 0.6 is 0 Å². The maximum Gasteiger partial charge on any atom is 0.254 e. The first-order valence-electron chi connectivity index (χ1n) is 10.9. The monoisotopic (exact) mass is 430 g/mol. The van der Waals surface area contributed by atoms with Crippen molar-refractivity contribution in [1.29, 1.82) is 0 Å². The van der Waals surface area contributed by atoms with E-state index < -0.39 is 0 Å². The number of carbonyl (C=O) groups is 1. The smallest absolute Gasteiger partial charge is 0.254 e. The van der Waals surface area contributed by atoms with Crippen molar-refractivity contribution in [3.8, 4) is 17.2 Å². The number of anilines is 1. The number of carbonyl (C=O) groups excluding carboxylic acids is 1. The van der Waals surface area contributed by atoms with Crippen molar-refractivity contribution in [3.05, 3.63) is 47.8 Å². The van der Waals surface area contributed by atoms with E-state index in [-0.39, 0.29) is 11.7 Å². The van der Waals surface area contributed by atoms with Gasteiger partial charge >= 0.3 is 0 Å². The molecule has 2 aromatic rings. The van der Waals surface area contributed by atoms with Crippen LogP contribution in [0.4, 0.5) is 10.1 Å². The molecule has 1 saturated heterocycles. The second-order valence-corrected chi connectivity index (χ2v) is 7.21. The van der Waals surface area contributed by atoms with Crippen molar-refractivity contribution in [3.63, 3.8) is 0 Å². The van der Waals surface area contributed by atoms with Gasteiger partial charge in [-0.1, -0.05) is 0 Å². The molecule has 168 valence electrons. The number of hydrogen-bond donors (Lipinski definition) is 0. The largest absolute Gasteiger partial charge is 0.490 e. The van der Waals surface area contributed by atoms with Gasteiger partial charge in [-0.15, -0.1) is 0 Å². The third-order valence-electron chi connectivity index (χ3n) is 5.13. The Bertz CT molecular complexity index is 845. The molecule has 1 heterocycles. The van der Waals surface area contributed by atoms with Crippen LogP contribution in [0.1, 0.15) is 37.6 Å². The summed E-state index contributed by atoms with van der Waals surface area (Å²) in [5.41, 5.74) is 1.49. The second-order valence-electron chi connectivity index (χ2n) is 7.21. The summed E-state index contributed by atoms with van der Waals surface area (Å²) in [7, 11) is 0. The van der Waals surface area contributed by atoms with Gasteiger partial charge < -0.3 is 24.0 Å². The van der Waals surface area contributed by atoms with E-state index in [1.165, 1.54) is 12.1 Å². The quantitative estimate of drug-likeness (QED) is 0.622. The van der Waals surface area contributed by atoms with Gasteiger partial charge in [0.25, 0.3) is 5.91 Å². The Morgan fingerprint density at radius 1 is 0.871 bits per heavy atom. The lowest BCUT2D eigenvalue weighted by Crippen LogP contribution is -2.35. The zero-order valence-corrected chi connectivity index (χ0v) is 18.5. The van der Waals surface area contributed by atoms with Crippen LogP contribution in [0.2, 0.25) is 0 Å². The van der Waals surface area contributed by atoms with E-state index in [0.717, 1.165) is 18.7 Å². The summed E-state index contributed by atoms with van der Waals surface area (Å²) in [6.45, 7) is 9.80. The van der Waals surface area contributed by atoms with Crippen molar-refractivity contribution < 1.29 is 23.4 Å². The molecule has 1 aliphatic heterocycles. The van der Waals surface area contributed by atoms with Crippen LogP contribution in [0.3, 0.4) is 0 Å². The molecule has 1 amide bonds. The van der Waals surface area contributed by atoms with Gasteiger partial charge in [-0.2, -0.15) is 0 Å². The molecular formula is C24H31FN2O4. The first-order valence-corrected chi connectivity index (χ1v) is 10.9. The summed E-state index contributed by atoms with van der Waals surface area (Å²) in [4.78, 5) is 17.4. The summed E-state index contributed by atoms with van der Waals surface area (Å²) in [5.74, 6) is 1.25. The van der Waals surface area contributed by atoms with Gasteiger partial charge in [-0.05, 0) is 63.6 Å². The highest BCUT2D eigenvalue weighted by atomic mass is 19.1. The van der Waals surface area contributed by atoms with Gasteiger partial charge in [0.1, 0.15) is 5.82 Å². The van der Waals surface area contributed by atoms with Gasteiger partial charge in [0.2, 0.25) is 5.75 Å². The SMILES string of the molecule is CCOc1cc(C(=O)N2CCCN(c3ccc(F)cc3)CC2)cc(OCC)c1OCC. The molecule has 6 nitrogen and oxygen atoms in total. The molecule has 0 N–H and O–H groups in total. The number of nitrogens with zero attached hydrogens (tertiary/aromatic N) is 2. The minimum absolute atomic E-state index is 0.0640. The molecule has 31 heavy (non-hydrogen) atoms. The summed E-state index contributed by atoms with van der Waals surface area (Å²) in [5, 5.41) is 0. The minimum Gasteiger partial charge on any atom is -0.490 e. The molecule has 1 aliphatic rings. The van der Waals surface area contributed by atoms with Gasteiger partial charge in [0, 0.05) is 37.4 Å². The fourth-order valence-corrected chi connectivity index (χ4v) is 3.73. The molecule has 0 spiro atoms. The number of amides is 1. The number of rotatable bonds is 8. The maximum atomic E-state index is 13.3. The molecule has 2 aromatic carbocycles. The molecule has 0 aliphatic carbocycles. The molecule has 0 aromatic heterocycles. The summed E-state index contributed by atoms with van der Waals surface area (Å²) < 4.78 is 30.5. The summed E-state index contributed by atoms with van der Waals surface area (Å²) >= 11 is 0. The van der Waals surface area contributed by atoms with E-state index in [1.807, 2.05) is 25.7 Å². The molecule has 0 atom stereocenters. The van der Waals surface area contributed by atoms with E-state index >= 15 is 0 Å². The van der Waals surface area contributed by atoms with E-state index in [4.69, 9.17) is 14.2 Å². The lowest BCUT2D eigenvalue weighted by molar-refractivity contribution is 0.0766. The van der Waals surface area contributed by atoms with Crippen LogP contribution in [0.5, 0.6) is 17.2 Å². The summed E-state index contributed by atoms with van der Waals surface area (Å²) in [6.07, 6.45) is 0.830. The Labute approximate surface area is 183 Å². The first kappa shape index (κ1) is 22.7. The van der Waals surface area contributed by atoms with Crippen molar-refractivity contribution >= 4 is 11.6 Å². The maximum absolute atomic E-state index is 13.3. The highest BCUT2D eigenvalue weighted by molar-refractivity contribution is 5.95. The summed E-state index contributed by atoms with van der Waals surface area (Å²) in [6, 6.07) is 9.97. The van der Waals surface area contributed by atoms with Crippen LogP contribution in [0.25, 0.3) is 0 Å². The Morgan fingerprint density at radius 2 is 1.48 bits per heavy atom. The average Bonchev–Trinajstić information content (AvgIpc) is 3.02. The molecule has 7 heteroatoms. The topological polar surface area (TPSA) is 51.2 Å².